The number of benzene rings is 1. The molecule has 5 nitrogen and oxygen atoms in total. The first-order valence-electron chi connectivity index (χ1n) is 6.86. The zero-order valence-corrected chi connectivity index (χ0v) is 14.5. The highest BCUT2D eigenvalue weighted by Crippen LogP contribution is 2.32. The van der Waals surface area contributed by atoms with Crippen molar-refractivity contribution >= 4 is 39.4 Å². The van der Waals surface area contributed by atoms with Gasteiger partial charge in [0.15, 0.2) is 0 Å². The van der Waals surface area contributed by atoms with Crippen LogP contribution >= 0.6 is 27.5 Å². The number of carboxylic acids is 1. The quantitative estimate of drug-likeness (QED) is 0.858. The van der Waals surface area contributed by atoms with Crippen LogP contribution in [0.5, 0.6) is 0 Å². The predicted octanol–water partition coefficient (Wildman–Crippen LogP) is 3.06. The number of likely N-dealkylation sites (tertiary alicyclic amines) is 1. The van der Waals surface area contributed by atoms with E-state index in [1.807, 2.05) is 0 Å². The van der Waals surface area contributed by atoms with E-state index < -0.39 is 11.4 Å². The van der Waals surface area contributed by atoms with E-state index in [0.29, 0.717) is 30.0 Å². The first kappa shape index (κ1) is 17.2. The van der Waals surface area contributed by atoms with Gasteiger partial charge in [-0.25, -0.2) is 0 Å². The third kappa shape index (κ3) is 3.45. The summed E-state index contributed by atoms with van der Waals surface area (Å²) in [6, 6.07) is 5.04. The zero-order valence-electron chi connectivity index (χ0n) is 12.1. The lowest BCUT2D eigenvalue weighted by Crippen LogP contribution is -2.52. The summed E-state index contributed by atoms with van der Waals surface area (Å²) in [6.07, 6.45) is 1.11. The van der Waals surface area contributed by atoms with Gasteiger partial charge in [-0.15, -0.1) is 0 Å². The second-order valence-corrected chi connectivity index (χ2v) is 6.80. The molecule has 1 amide bonds. The number of nitrogens with zero attached hydrogens (tertiary/aromatic N) is 1. The highest BCUT2D eigenvalue weighted by Gasteiger charge is 2.44. The maximum atomic E-state index is 12.7. The lowest BCUT2D eigenvalue weighted by Gasteiger charge is -2.39. The minimum Gasteiger partial charge on any atom is -0.481 e. The van der Waals surface area contributed by atoms with Gasteiger partial charge in [-0.2, -0.15) is 0 Å². The van der Waals surface area contributed by atoms with E-state index in [9.17, 15) is 14.7 Å². The molecule has 1 saturated heterocycles. The Bertz CT molecular complexity index is 591. The molecule has 1 aliphatic rings. The van der Waals surface area contributed by atoms with Crippen LogP contribution in [0, 0.1) is 5.41 Å². The van der Waals surface area contributed by atoms with Crippen molar-refractivity contribution in [3.8, 4) is 0 Å². The highest BCUT2D eigenvalue weighted by atomic mass is 79.9. The van der Waals surface area contributed by atoms with Gasteiger partial charge in [0.25, 0.3) is 5.91 Å². The summed E-state index contributed by atoms with van der Waals surface area (Å²) in [7, 11) is 1.47. The topological polar surface area (TPSA) is 66.8 Å². The molecule has 7 heteroatoms. The zero-order chi connectivity index (χ0) is 16.3. The van der Waals surface area contributed by atoms with Crippen LogP contribution in [0.3, 0.4) is 0 Å². The fraction of sp³-hybridized carbons (Fsp3) is 0.467. The van der Waals surface area contributed by atoms with Crippen LogP contribution in [0.15, 0.2) is 22.7 Å². The van der Waals surface area contributed by atoms with Crippen LogP contribution in [0.25, 0.3) is 0 Å². The Morgan fingerprint density at radius 2 is 2.23 bits per heavy atom. The lowest BCUT2D eigenvalue weighted by molar-refractivity contribution is -0.155. The highest BCUT2D eigenvalue weighted by molar-refractivity contribution is 9.10. The number of piperidine rings is 1. The smallest absolute Gasteiger partial charge is 0.313 e. The molecule has 1 aromatic rings. The summed E-state index contributed by atoms with van der Waals surface area (Å²) in [5, 5.41) is 9.89. The first-order chi connectivity index (χ1) is 10.4. The molecule has 0 radical (unpaired) electrons. The fourth-order valence-electron chi connectivity index (χ4n) is 2.77. The van der Waals surface area contributed by atoms with Crippen LogP contribution < -0.4 is 0 Å². The largest absolute Gasteiger partial charge is 0.481 e. The van der Waals surface area contributed by atoms with Crippen LogP contribution in [0.1, 0.15) is 23.2 Å². The second kappa shape index (κ2) is 6.98. The van der Waals surface area contributed by atoms with E-state index in [2.05, 4.69) is 15.9 Å². The molecule has 0 spiro atoms. The van der Waals surface area contributed by atoms with Crippen molar-refractivity contribution in [1.82, 2.24) is 4.90 Å². The van der Waals surface area contributed by atoms with E-state index in [1.54, 1.807) is 23.1 Å². The molecular formula is C15H17BrClNO4. The molecule has 0 aromatic heterocycles. The molecule has 1 heterocycles. The minimum absolute atomic E-state index is 0.0817. The summed E-state index contributed by atoms with van der Waals surface area (Å²) in [5.74, 6) is -1.19. The van der Waals surface area contributed by atoms with Gasteiger partial charge >= 0.3 is 5.97 Å². The summed E-state index contributed by atoms with van der Waals surface area (Å²) in [4.78, 5) is 25.9. The van der Waals surface area contributed by atoms with Crippen molar-refractivity contribution in [3.05, 3.63) is 33.3 Å². The van der Waals surface area contributed by atoms with E-state index in [0.717, 1.165) is 4.47 Å². The molecular weight excluding hydrogens is 374 g/mol. The number of carboxylic acid groups (broad SMARTS) is 1. The molecule has 1 atom stereocenters. The number of methoxy groups -OCH3 is 1. The van der Waals surface area contributed by atoms with Crippen molar-refractivity contribution < 1.29 is 19.4 Å². The molecule has 0 bridgehead atoms. The van der Waals surface area contributed by atoms with E-state index >= 15 is 0 Å². The van der Waals surface area contributed by atoms with Gasteiger partial charge in [0, 0.05) is 24.7 Å². The number of carbonyl (C=O) groups excluding carboxylic acids is 1. The molecule has 0 saturated carbocycles. The summed E-state index contributed by atoms with van der Waals surface area (Å²) >= 11 is 9.41. The molecule has 1 unspecified atom stereocenters. The number of ether oxygens (including phenoxy) is 1. The number of amides is 1. The van der Waals surface area contributed by atoms with Gasteiger partial charge in [0.2, 0.25) is 0 Å². The van der Waals surface area contributed by atoms with Gasteiger partial charge in [-0.1, -0.05) is 27.5 Å². The molecule has 0 aliphatic carbocycles. The minimum atomic E-state index is -1.05. The molecule has 1 N–H and O–H groups in total. The average molecular weight is 391 g/mol. The SMILES string of the molecule is COCC1(C(=O)O)CCCN(C(=O)c2cc(Br)ccc2Cl)C1. The third-order valence-corrected chi connectivity index (χ3v) is 4.72. The maximum absolute atomic E-state index is 12.7. The Kier molecular flexibility index (Phi) is 5.47. The van der Waals surface area contributed by atoms with Crippen LogP contribution in [0.4, 0.5) is 0 Å². The van der Waals surface area contributed by atoms with Crippen molar-refractivity contribution in [2.45, 2.75) is 12.8 Å². The van der Waals surface area contributed by atoms with E-state index in [-0.39, 0.29) is 19.1 Å². The number of halogens is 2. The summed E-state index contributed by atoms with van der Waals surface area (Å²) in [6.45, 7) is 0.719. The Morgan fingerprint density at radius 3 is 2.86 bits per heavy atom. The Hall–Kier alpha value is -1.11. The summed E-state index contributed by atoms with van der Waals surface area (Å²) in [5.41, 5.74) is -0.684. The molecule has 1 fully saturated rings. The second-order valence-electron chi connectivity index (χ2n) is 5.47. The number of carbonyl (C=O) groups is 2. The van der Waals surface area contributed by atoms with Crippen molar-refractivity contribution in [1.29, 1.82) is 0 Å². The van der Waals surface area contributed by atoms with Crippen LogP contribution in [-0.4, -0.2) is 48.7 Å². The third-order valence-electron chi connectivity index (χ3n) is 3.90. The monoisotopic (exact) mass is 389 g/mol. The van der Waals surface area contributed by atoms with Crippen LogP contribution in [-0.2, 0) is 9.53 Å². The standard InChI is InChI=1S/C15H17BrClNO4/c1-22-9-15(14(20)21)5-2-6-18(8-15)13(19)11-7-10(16)3-4-12(11)17/h3-4,7H,2,5-6,8-9H2,1H3,(H,20,21). The number of rotatable bonds is 4. The molecule has 2 rings (SSSR count). The van der Waals surface area contributed by atoms with Gasteiger partial charge in [0.1, 0.15) is 5.41 Å². The number of hydrogen-bond donors (Lipinski definition) is 1. The van der Waals surface area contributed by atoms with Gasteiger partial charge in [0.05, 0.1) is 17.2 Å². The van der Waals surface area contributed by atoms with Crippen molar-refractivity contribution in [3.63, 3.8) is 0 Å². The normalized spacial score (nSPS) is 21.7. The summed E-state index contributed by atoms with van der Waals surface area (Å²) < 4.78 is 5.82. The lowest BCUT2D eigenvalue weighted by atomic mass is 9.80. The van der Waals surface area contributed by atoms with Gasteiger partial charge in [-0.05, 0) is 31.0 Å². The van der Waals surface area contributed by atoms with E-state index in [1.165, 1.54) is 7.11 Å². The Balaban J connectivity index is 2.26. The Morgan fingerprint density at radius 1 is 1.50 bits per heavy atom. The molecule has 22 heavy (non-hydrogen) atoms. The Labute approximate surface area is 142 Å². The van der Waals surface area contributed by atoms with Gasteiger partial charge < -0.3 is 14.7 Å². The van der Waals surface area contributed by atoms with Gasteiger partial charge in [-0.3, -0.25) is 9.59 Å². The first-order valence-corrected chi connectivity index (χ1v) is 8.03. The molecule has 120 valence electrons. The van der Waals surface area contributed by atoms with Crippen molar-refractivity contribution in [2.75, 3.05) is 26.8 Å². The van der Waals surface area contributed by atoms with Crippen LogP contribution in [0.2, 0.25) is 5.02 Å². The molecule has 1 aromatic carbocycles. The maximum Gasteiger partial charge on any atom is 0.313 e. The number of aliphatic carboxylic acids is 1. The predicted molar refractivity (Wildman–Crippen MR) is 86.2 cm³/mol. The van der Waals surface area contributed by atoms with Crippen molar-refractivity contribution in [2.24, 2.45) is 5.41 Å². The number of hydrogen-bond acceptors (Lipinski definition) is 3. The molecule has 1 aliphatic heterocycles. The fourth-order valence-corrected chi connectivity index (χ4v) is 3.33. The average Bonchev–Trinajstić information content (AvgIpc) is 2.49. The van der Waals surface area contributed by atoms with E-state index in [4.69, 9.17) is 16.3 Å².